The Hall–Kier alpha value is -1.10. The van der Waals surface area contributed by atoms with Crippen LogP contribution in [-0.4, -0.2) is 30.1 Å². The number of carbonyl (C=O) groups excluding carboxylic acids is 1. The van der Waals surface area contributed by atoms with Crippen LogP contribution in [0.25, 0.3) is 0 Å². The van der Waals surface area contributed by atoms with Crippen LogP contribution >= 0.6 is 0 Å². The molecule has 1 saturated carbocycles. The van der Waals surface area contributed by atoms with Gasteiger partial charge in [-0.3, -0.25) is 9.59 Å². The fraction of sp³-hybridized carbons (Fsp3) is 0.833. The molecule has 98 valence electrons. The number of hydrogen-bond donors (Lipinski definition) is 3. The quantitative estimate of drug-likeness (QED) is 0.585. The molecule has 1 atom stereocenters. The van der Waals surface area contributed by atoms with Gasteiger partial charge in [0.05, 0.1) is 5.41 Å². The molecule has 1 aliphatic carbocycles. The summed E-state index contributed by atoms with van der Waals surface area (Å²) in [4.78, 5) is 22.1. The Bertz CT molecular complexity index is 287. The summed E-state index contributed by atoms with van der Waals surface area (Å²) in [7, 11) is 0. The van der Waals surface area contributed by atoms with Crippen LogP contribution in [0.4, 0.5) is 0 Å². The van der Waals surface area contributed by atoms with E-state index in [1.54, 1.807) is 0 Å². The molecule has 1 unspecified atom stereocenters. The molecule has 0 heterocycles. The fourth-order valence-electron chi connectivity index (χ4n) is 1.81. The maximum atomic E-state index is 11.7. The van der Waals surface area contributed by atoms with E-state index in [4.69, 9.17) is 10.8 Å². The first-order valence-corrected chi connectivity index (χ1v) is 6.20. The number of nitrogens with one attached hydrogen (secondary N) is 1. The Morgan fingerprint density at radius 3 is 2.53 bits per heavy atom. The van der Waals surface area contributed by atoms with Gasteiger partial charge in [0, 0.05) is 19.5 Å². The van der Waals surface area contributed by atoms with Crippen LogP contribution in [-0.2, 0) is 9.59 Å². The molecule has 1 aliphatic rings. The van der Waals surface area contributed by atoms with Gasteiger partial charge in [0.15, 0.2) is 0 Å². The largest absolute Gasteiger partial charge is 0.481 e. The topological polar surface area (TPSA) is 92.4 Å². The summed E-state index contributed by atoms with van der Waals surface area (Å²) in [6.07, 6.45) is 3.46. The van der Waals surface area contributed by atoms with Crippen LogP contribution in [0.2, 0.25) is 0 Å². The van der Waals surface area contributed by atoms with Crippen molar-refractivity contribution in [2.45, 2.75) is 39.0 Å². The molecular formula is C12H22N2O3. The van der Waals surface area contributed by atoms with Crippen molar-refractivity contribution in [2.75, 3.05) is 13.1 Å². The van der Waals surface area contributed by atoms with E-state index in [0.29, 0.717) is 25.4 Å². The SMILES string of the molecule is CC(CCNC(=O)C1(CN)CC1)CCC(=O)O. The third-order valence-electron chi connectivity index (χ3n) is 3.50. The van der Waals surface area contributed by atoms with Crippen molar-refractivity contribution in [1.29, 1.82) is 0 Å². The van der Waals surface area contributed by atoms with E-state index < -0.39 is 5.97 Å². The van der Waals surface area contributed by atoms with E-state index in [2.05, 4.69) is 5.32 Å². The van der Waals surface area contributed by atoms with E-state index in [9.17, 15) is 9.59 Å². The lowest BCUT2D eigenvalue weighted by atomic mass is 10.0. The van der Waals surface area contributed by atoms with Crippen molar-refractivity contribution in [1.82, 2.24) is 5.32 Å². The summed E-state index contributed by atoms with van der Waals surface area (Å²) in [5.41, 5.74) is 5.27. The van der Waals surface area contributed by atoms with Crippen LogP contribution in [0.3, 0.4) is 0 Å². The van der Waals surface area contributed by atoms with Gasteiger partial charge in [-0.25, -0.2) is 0 Å². The lowest BCUT2D eigenvalue weighted by Crippen LogP contribution is -2.37. The second kappa shape index (κ2) is 6.00. The van der Waals surface area contributed by atoms with Crippen LogP contribution < -0.4 is 11.1 Å². The zero-order chi connectivity index (χ0) is 12.9. The van der Waals surface area contributed by atoms with Crippen molar-refractivity contribution in [3.05, 3.63) is 0 Å². The van der Waals surface area contributed by atoms with Crippen molar-refractivity contribution < 1.29 is 14.7 Å². The van der Waals surface area contributed by atoms with Gasteiger partial charge < -0.3 is 16.2 Å². The Balaban J connectivity index is 2.11. The molecular weight excluding hydrogens is 220 g/mol. The number of nitrogens with two attached hydrogens (primary N) is 1. The summed E-state index contributed by atoms with van der Waals surface area (Å²) in [6, 6.07) is 0. The first kappa shape index (κ1) is 14.0. The summed E-state index contributed by atoms with van der Waals surface area (Å²) >= 11 is 0. The minimum atomic E-state index is -0.763. The summed E-state index contributed by atoms with van der Waals surface area (Å²) in [5.74, 6) is -0.384. The third-order valence-corrected chi connectivity index (χ3v) is 3.50. The van der Waals surface area contributed by atoms with Crippen molar-refractivity contribution in [2.24, 2.45) is 17.1 Å². The highest BCUT2D eigenvalue weighted by atomic mass is 16.4. The van der Waals surface area contributed by atoms with Crippen LogP contribution in [0.1, 0.15) is 39.0 Å². The number of hydrogen-bond acceptors (Lipinski definition) is 3. The molecule has 0 radical (unpaired) electrons. The molecule has 0 bridgehead atoms. The molecule has 0 spiro atoms. The predicted octanol–water partition coefficient (Wildman–Crippen LogP) is 0.733. The number of carboxylic acids is 1. The molecule has 1 amide bonds. The fourth-order valence-corrected chi connectivity index (χ4v) is 1.81. The Kier molecular flexibility index (Phi) is 4.93. The summed E-state index contributed by atoms with van der Waals surface area (Å²) in [6.45, 7) is 3.04. The van der Waals surface area contributed by atoms with Crippen molar-refractivity contribution in [3.63, 3.8) is 0 Å². The Morgan fingerprint density at radius 2 is 2.06 bits per heavy atom. The molecule has 5 heteroatoms. The highest BCUT2D eigenvalue weighted by molar-refractivity contribution is 5.85. The van der Waals surface area contributed by atoms with Crippen LogP contribution in [0.15, 0.2) is 0 Å². The molecule has 1 fully saturated rings. The summed E-state index contributed by atoms with van der Waals surface area (Å²) in [5, 5.41) is 11.4. The average Bonchev–Trinajstić information content (AvgIpc) is 3.07. The first-order valence-electron chi connectivity index (χ1n) is 6.20. The third kappa shape index (κ3) is 4.34. The molecule has 1 rings (SSSR count). The molecule has 4 N–H and O–H groups in total. The van der Waals surface area contributed by atoms with E-state index in [0.717, 1.165) is 19.3 Å². The minimum Gasteiger partial charge on any atom is -0.481 e. The molecule has 0 saturated heterocycles. The average molecular weight is 242 g/mol. The monoisotopic (exact) mass is 242 g/mol. The van der Waals surface area contributed by atoms with Gasteiger partial charge in [-0.1, -0.05) is 6.92 Å². The number of carboxylic acid groups (broad SMARTS) is 1. The predicted molar refractivity (Wildman–Crippen MR) is 64.4 cm³/mol. The highest BCUT2D eigenvalue weighted by Crippen LogP contribution is 2.44. The number of amides is 1. The maximum absolute atomic E-state index is 11.7. The lowest BCUT2D eigenvalue weighted by Gasteiger charge is -2.14. The van der Waals surface area contributed by atoms with Gasteiger partial charge in [-0.05, 0) is 31.6 Å². The standard InChI is InChI=1S/C12H22N2O3/c1-9(2-3-10(15)16)4-7-14-11(17)12(8-13)5-6-12/h9H,2-8,13H2,1H3,(H,14,17)(H,15,16). The summed E-state index contributed by atoms with van der Waals surface area (Å²) < 4.78 is 0. The van der Waals surface area contributed by atoms with Gasteiger partial charge in [0.25, 0.3) is 0 Å². The second-order valence-corrected chi connectivity index (χ2v) is 5.07. The van der Waals surface area contributed by atoms with Gasteiger partial charge in [-0.2, -0.15) is 0 Å². The molecule has 0 aromatic rings. The normalized spacial score (nSPS) is 18.5. The number of carbonyl (C=O) groups is 2. The first-order chi connectivity index (χ1) is 8.00. The maximum Gasteiger partial charge on any atom is 0.303 e. The molecule has 0 aromatic carbocycles. The zero-order valence-corrected chi connectivity index (χ0v) is 10.4. The molecule has 0 aromatic heterocycles. The van der Waals surface area contributed by atoms with Gasteiger partial charge in [0.1, 0.15) is 0 Å². The van der Waals surface area contributed by atoms with E-state index >= 15 is 0 Å². The van der Waals surface area contributed by atoms with E-state index in [1.165, 1.54) is 0 Å². The Labute approximate surface area is 102 Å². The van der Waals surface area contributed by atoms with Gasteiger partial charge in [0.2, 0.25) is 5.91 Å². The van der Waals surface area contributed by atoms with Gasteiger partial charge >= 0.3 is 5.97 Å². The van der Waals surface area contributed by atoms with Crippen molar-refractivity contribution >= 4 is 11.9 Å². The van der Waals surface area contributed by atoms with Crippen molar-refractivity contribution in [3.8, 4) is 0 Å². The number of rotatable bonds is 8. The van der Waals surface area contributed by atoms with E-state index in [-0.39, 0.29) is 17.7 Å². The van der Waals surface area contributed by atoms with Crippen LogP contribution in [0.5, 0.6) is 0 Å². The lowest BCUT2D eigenvalue weighted by molar-refractivity contribution is -0.137. The Morgan fingerprint density at radius 1 is 1.41 bits per heavy atom. The second-order valence-electron chi connectivity index (χ2n) is 5.07. The minimum absolute atomic E-state index is 0.0606. The number of aliphatic carboxylic acids is 1. The highest BCUT2D eigenvalue weighted by Gasteiger charge is 2.48. The molecule has 5 nitrogen and oxygen atoms in total. The molecule has 17 heavy (non-hydrogen) atoms. The van der Waals surface area contributed by atoms with Gasteiger partial charge in [-0.15, -0.1) is 0 Å². The van der Waals surface area contributed by atoms with Crippen LogP contribution in [0, 0.1) is 11.3 Å². The zero-order valence-electron chi connectivity index (χ0n) is 10.4. The molecule has 0 aliphatic heterocycles. The van der Waals surface area contributed by atoms with E-state index in [1.807, 2.05) is 6.92 Å². The smallest absolute Gasteiger partial charge is 0.303 e.